The number of rotatable bonds is 1. The average Bonchev–Trinajstić information content (AvgIpc) is 2.64. The van der Waals surface area contributed by atoms with Crippen LogP contribution in [0.3, 0.4) is 0 Å². The standard InChI is InChI=1S/C8H12N2O4/c11-3-4-5(12)6(13)7(14)8-9-1-2-10(4)8/h1-2,4-7,11-14H,3H2/t4-,5-,6+,7-/m1/s1. The zero-order chi connectivity index (χ0) is 10.3. The van der Waals surface area contributed by atoms with Crippen LogP contribution in [0.1, 0.15) is 18.0 Å². The van der Waals surface area contributed by atoms with Crippen LogP contribution in [0.25, 0.3) is 0 Å². The second-order valence-corrected chi connectivity index (χ2v) is 3.37. The third kappa shape index (κ3) is 1.16. The highest BCUT2D eigenvalue weighted by Gasteiger charge is 2.40. The van der Waals surface area contributed by atoms with Gasteiger partial charge in [0.05, 0.1) is 12.6 Å². The molecule has 1 aliphatic rings. The van der Waals surface area contributed by atoms with Crippen molar-refractivity contribution in [3.63, 3.8) is 0 Å². The van der Waals surface area contributed by atoms with Gasteiger partial charge in [-0.15, -0.1) is 0 Å². The van der Waals surface area contributed by atoms with Gasteiger partial charge in [-0.05, 0) is 0 Å². The van der Waals surface area contributed by atoms with E-state index in [9.17, 15) is 15.3 Å². The Kier molecular flexibility index (Phi) is 2.28. The van der Waals surface area contributed by atoms with Crippen LogP contribution in [-0.2, 0) is 0 Å². The highest BCUT2D eigenvalue weighted by molar-refractivity contribution is 5.08. The number of fused-ring (bicyclic) bond motifs is 1. The third-order valence-electron chi connectivity index (χ3n) is 2.58. The van der Waals surface area contributed by atoms with Gasteiger partial charge in [0.25, 0.3) is 0 Å². The molecule has 6 nitrogen and oxygen atoms in total. The molecule has 0 aromatic carbocycles. The van der Waals surface area contributed by atoms with E-state index in [-0.39, 0.29) is 12.4 Å². The van der Waals surface area contributed by atoms with E-state index in [2.05, 4.69) is 4.98 Å². The molecule has 78 valence electrons. The Bertz CT molecular complexity index is 327. The van der Waals surface area contributed by atoms with Crippen LogP contribution < -0.4 is 0 Å². The molecule has 0 saturated carbocycles. The molecule has 1 aromatic heterocycles. The van der Waals surface area contributed by atoms with Gasteiger partial charge in [-0.2, -0.15) is 0 Å². The van der Waals surface area contributed by atoms with E-state index in [0.717, 1.165) is 0 Å². The maximum Gasteiger partial charge on any atom is 0.140 e. The summed E-state index contributed by atoms with van der Waals surface area (Å²) in [5.74, 6) is 0.266. The van der Waals surface area contributed by atoms with Crippen LogP contribution in [0.15, 0.2) is 12.4 Å². The van der Waals surface area contributed by atoms with Crippen LogP contribution in [0, 0.1) is 0 Å². The Hall–Kier alpha value is -0.950. The molecule has 2 rings (SSSR count). The lowest BCUT2D eigenvalue weighted by Gasteiger charge is -2.35. The normalized spacial score (nSPS) is 36.9. The number of nitrogens with zero attached hydrogens (tertiary/aromatic N) is 2. The fraction of sp³-hybridized carbons (Fsp3) is 0.625. The molecule has 1 aliphatic heterocycles. The molecule has 0 spiro atoms. The van der Waals surface area contributed by atoms with Crippen LogP contribution in [-0.4, -0.2) is 48.8 Å². The predicted octanol–water partition coefficient (Wildman–Crippen LogP) is -1.81. The summed E-state index contributed by atoms with van der Waals surface area (Å²) in [6.07, 6.45) is -0.693. The Labute approximate surface area is 80.1 Å². The van der Waals surface area contributed by atoms with Crippen LogP contribution in [0.2, 0.25) is 0 Å². The molecule has 6 heteroatoms. The quantitative estimate of drug-likeness (QED) is 0.428. The summed E-state index contributed by atoms with van der Waals surface area (Å²) in [7, 11) is 0. The fourth-order valence-corrected chi connectivity index (χ4v) is 1.76. The topological polar surface area (TPSA) is 98.7 Å². The van der Waals surface area contributed by atoms with Gasteiger partial charge in [-0.1, -0.05) is 0 Å². The number of aromatic nitrogens is 2. The van der Waals surface area contributed by atoms with Crippen molar-refractivity contribution in [1.29, 1.82) is 0 Å². The second kappa shape index (κ2) is 3.32. The van der Waals surface area contributed by atoms with Gasteiger partial charge in [0.1, 0.15) is 24.1 Å². The Morgan fingerprint density at radius 1 is 1.29 bits per heavy atom. The van der Waals surface area contributed by atoms with Crippen molar-refractivity contribution in [3.05, 3.63) is 18.2 Å². The Morgan fingerprint density at radius 2 is 2.00 bits per heavy atom. The smallest absolute Gasteiger partial charge is 0.140 e. The van der Waals surface area contributed by atoms with Crippen molar-refractivity contribution in [2.45, 2.75) is 24.4 Å². The molecule has 4 N–H and O–H groups in total. The van der Waals surface area contributed by atoms with E-state index < -0.39 is 24.4 Å². The third-order valence-corrected chi connectivity index (χ3v) is 2.58. The number of aliphatic hydroxyl groups excluding tert-OH is 4. The molecule has 0 fully saturated rings. The molecule has 14 heavy (non-hydrogen) atoms. The zero-order valence-corrected chi connectivity index (χ0v) is 7.35. The average molecular weight is 200 g/mol. The van der Waals surface area contributed by atoms with Crippen molar-refractivity contribution < 1.29 is 20.4 Å². The maximum absolute atomic E-state index is 9.55. The summed E-state index contributed by atoms with van der Waals surface area (Å²) in [5.41, 5.74) is 0. The first-order chi connectivity index (χ1) is 6.66. The summed E-state index contributed by atoms with van der Waals surface area (Å²) in [6.45, 7) is -0.311. The number of imidazole rings is 1. The minimum atomic E-state index is -1.30. The summed E-state index contributed by atoms with van der Waals surface area (Å²) in [6, 6.07) is -0.647. The van der Waals surface area contributed by atoms with E-state index in [1.807, 2.05) is 0 Å². The molecule has 0 unspecified atom stereocenters. The lowest BCUT2D eigenvalue weighted by atomic mass is 9.96. The molecular weight excluding hydrogens is 188 g/mol. The Morgan fingerprint density at radius 3 is 2.64 bits per heavy atom. The maximum atomic E-state index is 9.55. The van der Waals surface area contributed by atoms with E-state index in [1.165, 1.54) is 10.8 Å². The molecule has 2 heterocycles. The largest absolute Gasteiger partial charge is 0.394 e. The van der Waals surface area contributed by atoms with Gasteiger partial charge in [0, 0.05) is 12.4 Å². The van der Waals surface area contributed by atoms with Crippen molar-refractivity contribution in [2.75, 3.05) is 6.61 Å². The van der Waals surface area contributed by atoms with Gasteiger partial charge in [0.2, 0.25) is 0 Å². The first-order valence-electron chi connectivity index (χ1n) is 4.34. The van der Waals surface area contributed by atoms with Gasteiger partial charge >= 0.3 is 0 Å². The van der Waals surface area contributed by atoms with Gasteiger partial charge in [-0.25, -0.2) is 4.98 Å². The summed E-state index contributed by atoms with van der Waals surface area (Å²) in [4.78, 5) is 3.85. The monoisotopic (exact) mass is 200 g/mol. The molecule has 4 atom stereocenters. The molecule has 0 radical (unpaired) electrons. The summed E-state index contributed by atoms with van der Waals surface area (Å²) >= 11 is 0. The first-order valence-corrected chi connectivity index (χ1v) is 4.34. The highest BCUT2D eigenvalue weighted by Crippen LogP contribution is 2.30. The summed E-state index contributed by atoms with van der Waals surface area (Å²) in [5, 5.41) is 37.6. The minimum absolute atomic E-state index is 0.266. The van der Waals surface area contributed by atoms with E-state index in [1.54, 1.807) is 6.20 Å². The minimum Gasteiger partial charge on any atom is -0.394 e. The zero-order valence-electron chi connectivity index (χ0n) is 7.35. The van der Waals surface area contributed by atoms with E-state index in [0.29, 0.717) is 0 Å². The van der Waals surface area contributed by atoms with Crippen LogP contribution in [0.4, 0.5) is 0 Å². The molecule has 0 saturated heterocycles. The van der Waals surface area contributed by atoms with Crippen molar-refractivity contribution in [2.24, 2.45) is 0 Å². The summed E-state index contributed by atoms with van der Waals surface area (Å²) < 4.78 is 1.47. The first kappa shape index (κ1) is 9.60. The highest BCUT2D eigenvalue weighted by atomic mass is 16.4. The van der Waals surface area contributed by atoms with E-state index in [4.69, 9.17) is 5.11 Å². The fourth-order valence-electron chi connectivity index (χ4n) is 1.76. The van der Waals surface area contributed by atoms with Crippen molar-refractivity contribution in [3.8, 4) is 0 Å². The van der Waals surface area contributed by atoms with Gasteiger partial charge < -0.3 is 25.0 Å². The molecule has 0 bridgehead atoms. The lowest BCUT2D eigenvalue weighted by molar-refractivity contribution is -0.108. The molecular formula is C8H12N2O4. The van der Waals surface area contributed by atoms with Crippen LogP contribution in [0.5, 0.6) is 0 Å². The van der Waals surface area contributed by atoms with Crippen molar-refractivity contribution in [1.82, 2.24) is 9.55 Å². The number of hydrogen-bond acceptors (Lipinski definition) is 5. The number of aliphatic hydroxyl groups is 4. The van der Waals surface area contributed by atoms with Crippen molar-refractivity contribution >= 4 is 0 Å². The molecule has 0 amide bonds. The van der Waals surface area contributed by atoms with Crippen LogP contribution >= 0.6 is 0 Å². The SMILES string of the molecule is OC[C@@H]1[C@@H](O)[C@H](O)[C@@H](O)c2nccn21. The van der Waals surface area contributed by atoms with Gasteiger partial charge in [0.15, 0.2) is 0 Å². The molecule has 1 aromatic rings. The Balaban J connectivity index is 2.44. The van der Waals surface area contributed by atoms with Gasteiger partial charge in [-0.3, -0.25) is 0 Å². The van der Waals surface area contributed by atoms with E-state index >= 15 is 0 Å². The second-order valence-electron chi connectivity index (χ2n) is 3.37. The lowest BCUT2D eigenvalue weighted by Crippen LogP contribution is -2.46. The molecule has 0 aliphatic carbocycles. The number of hydrogen-bond donors (Lipinski definition) is 4. The predicted molar refractivity (Wildman–Crippen MR) is 45.3 cm³/mol.